The summed E-state index contributed by atoms with van der Waals surface area (Å²) >= 11 is 0. The Hall–Kier alpha value is -8.92. The van der Waals surface area contributed by atoms with Crippen LogP contribution >= 0.6 is 0 Å². The average Bonchev–Trinajstić information content (AvgIpc) is 4.05. The number of hydrogen-bond donors (Lipinski definition) is 0. The summed E-state index contributed by atoms with van der Waals surface area (Å²) in [6, 6.07) is 87.5. The van der Waals surface area contributed by atoms with Crippen LogP contribution in [0, 0.1) is 0 Å². The zero-order valence-electron chi connectivity index (χ0n) is 36.9. The minimum absolute atomic E-state index is 0.468. The Morgan fingerprint density at radius 1 is 0.279 bits per heavy atom. The Balaban J connectivity index is 1.02. The van der Waals surface area contributed by atoms with Crippen molar-refractivity contribution in [1.29, 1.82) is 0 Å². The van der Waals surface area contributed by atoms with Crippen LogP contribution in [0.15, 0.2) is 247 Å². The minimum Gasteiger partial charge on any atom is -0.456 e. The van der Waals surface area contributed by atoms with Crippen LogP contribution in [0.5, 0.6) is 0 Å². The third kappa shape index (κ3) is 5.72. The second kappa shape index (κ2) is 15.1. The van der Waals surface area contributed by atoms with E-state index < -0.39 is 5.41 Å². The lowest BCUT2D eigenvalue weighted by Crippen LogP contribution is -2.25. The Kier molecular flexibility index (Phi) is 8.50. The van der Waals surface area contributed by atoms with Crippen LogP contribution in [0.2, 0.25) is 0 Å². The smallest absolute Gasteiger partial charge is 0.160 e. The summed E-state index contributed by atoms with van der Waals surface area (Å²) in [6.07, 6.45) is 0. The lowest BCUT2D eigenvalue weighted by atomic mass is 9.70. The van der Waals surface area contributed by atoms with Crippen LogP contribution < -0.4 is 0 Å². The van der Waals surface area contributed by atoms with Crippen molar-refractivity contribution >= 4 is 21.9 Å². The van der Waals surface area contributed by atoms with Gasteiger partial charge in [0.25, 0.3) is 0 Å². The highest BCUT2D eigenvalue weighted by Crippen LogP contribution is 2.64. The van der Waals surface area contributed by atoms with Crippen LogP contribution in [0.1, 0.15) is 22.3 Å². The monoisotopic (exact) mass is 864 g/mol. The van der Waals surface area contributed by atoms with Crippen LogP contribution in [0.25, 0.3) is 111 Å². The molecule has 0 saturated heterocycles. The quantitative estimate of drug-likeness (QED) is 0.167. The molecule has 2 aromatic heterocycles. The molecule has 2 aliphatic carbocycles. The Labute approximate surface area is 394 Å². The van der Waals surface area contributed by atoms with E-state index in [4.69, 9.17) is 14.4 Å². The predicted molar refractivity (Wildman–Crippen MR) is 278 cm³/mol. The molecule has 10 aromatic carbocycles. The number of para-hydroxylation sites is 1. The van der Waals surface area contributed by atoms with Crippen LogP contribution in [-0.4, -0.2) is 9.97 Å². The maximum absolute atomic E-state index is 6.31. The van der Waals surface area contributed by atoms with Gasteiger partial charge in [0.1, 0.15) is 11.2 Å². The SMILES string of the molecule is c1ccc(-c2nc(-c3cc(-c4ccc5oc6ccccc6c5c4)cc(-c4ccccc4-c4ccccc4)c3)cc(-c3cccc4c3-c3ccccc3C43c4ccccc4-c4ccccc43)n2)cc1. The van der Waals surface area contributed by atoms with Crippen LogP contribution in [0.4, 0.5) is 0 Å². The van der Waals surface area contributed by atoms with Crippen LogP contribution in [0.3, 0.4) is 0 Å². The number of nitrogens with zero attached hydrogens (tertiary/aromatic N) is 2. The minimum atomic E-state index is -0.468. The summed E-state index contributed by atoms with van der Waals surface area (Å²) in [6.45, 7) is 0. The number of hydrogen-bond acceptors (Lipinski definition) is 3. The largest absolute Gasteiger partial charge is 0.456 e. The molecule has 0 fully saturated rings. The molecular formula is C65H40N2O. The summed E-state index contributed by atoms with van der Waals surface area (Å²) in [5.41, 5.74) is 23.1. The molecule has 1 spiro atoms. The first-order valence-electron chi connectivity index (χ1n) is 23.3. The highest BCUT2D eigenvalue weighted by Gasteiger charge is 2.52. The molecular weight excluding hydrogens is 825 g/mol. The molecule has 0 unspecified atom stereocenters. The zero-order valence-corrected chi connectivity index (χ0v) is 36.9. The second-order valence-electron chi connectivity index (χ2n) is 18.0. The van der Waals surface area contributed by atoms with Gasteiger partial charge < -0.3 is 4.42 Å². The molecule has 68 heavy (non-hydrogen) atoms. The van der Waals surface area contributed by atoms with E-state index in [1.54, 1.807) is 0 Å². The van der Waals surface area contributed by atoms with Gasteiger partial charge in [-0.15, -0.1) is 0 Å². The summed E-state index contributed by atoms with van der Waals surface area (Å²) in [5.74, 6) is 0.677. The molecule has 0 atom stereocenters. The van der Waals surface area contributed by atoms with Gasteiger partial charge in [-0.25, -0.2) is 9.97 Å². The van der Waals surface area contributed by atoms with Gasteiger partial charge in [-0.2, -0.15) is 0 Å². The maximum Gasteiger partial charge on any atom is 0.160 e. The maximum atomic E-state index is 6.31. The fraction of sp³-hybridized carbons (Fsp3) is 0.0154. The van der Waals surface area contributed by atoms with E-state index in [2.05, 4.69) is 224 Å². The van der Waals surface area contributed by atoms with Crippen LogP contribution in [-0.2, 0) is 5.41 Å². The summed E-state index contributed by atoms with van der Waals surface area (Å²) in [5, 5.41) is 2.19. The van der Waals surface area contributed by atoms with Gasteiger partial charge in [0.2, 0.25) is 0 Å². The van der Waals surface area contributed by atoms with Gasteiger partial charge in [0, 0.05) is 27.5 Å². The van der Waals surface area contributed by atoms with Crippen molar-refractivity contribution in [2.24, 2.45) is 0 Å². The van der Waals surface area contributed by atoms with Crippen molar-refractivity contribution in [3.05, 3.63) is 265 Å². The molecule has 3 nitrogen and oxygen atoms in total. The van der Waals surface area contributed by atoms with Gasteiger partial charge in [0.15, 0.2) is 5.82 Å². The summed E-state index contributed by atoms with van der Waals surface area (Å²) < 4.78 is 6.31. The molecule has 2 aliphatic rings. The van der Waals surface area contributed by atoms with E-state index in [-0.39, 0.29) is 0 Å². The van der Waals surface area contributed by atoms with Crippen molar-refractivity contribution in [3.8, 4) is 89.5 Å². The topological polar surface area (TPSA) is 38.9 Å². The van der Waals surface area contributed by atoms with Gasteiger partial charge >= 0.3 is 0 Å². The number of benzene rings is 10. The zero-order chi connectivity index (χ0) is 44.8. The molecule has 0 N–H and O–H groups in total. The van der Waals surface area contributed by atoms with Gasteiger partial charge in [-0.05, 0) is 120 Å². The van der Waals surface area contributed by atoms with E-state index in [1.807, 2.05) is 18.2 Å². The Morgan fingerprint density at radius 3 is 1.53 bits per heavy atom. The Bertz CT molecular complexity index is 3930. The number of furan rings is 1. The third-order valence-electron chi connectivity index (χ3n) is 14.3. The first-order chi connectivity index (χ1) is 33.7. The second-order valence-corrected chi connectivity index (χ2v) is 18.0. The lowest BCUT2D eigenvalue weighted by Gasteiger charge is -2.30. The molecule has 0 saturated carbocycles. The van der Waals surface area contributed by atoms with Crippen molar-refractivity contribution in [2.75, 3.05) is 0 Å². The molecule has 316 valence electrons. The molecule has 14 rings (SSSR count). The van der Waals surface area contributed by atoms with E-state index >= 15 is 0 Å². The molecule has 0 amide bonds. The van der Waals surface area contributed by atoms with Gasteiger partial charge in [-0.1, -0.05) is 200 Å². The molecule has 12 aromatic rings. The molecule has 0 bridgehead atoms. The molecule has 0 radical (unpaired) electrons. The van der Waals surface area contributed by atoms with Crippen molar-refractivity contribution in [1.82, 2.24) is 9.97 Å². The third-order valence-corrected chi connectivity index (χ3v) is 14.3. The number of rotatable bonds is 6. The lowest BCUT2D eigenvalue weighted by molar-refractivity contribution is 0.669. The van der Waals surface area contributed by atoms with Gasteiger partial charge in [-0.3, -0.25) is 0 Å². The number of fused-ring (bicyclic) bond motifs is 13. The normalized spacial score (nSPS) is 12.8. The highest BCUT2D eigenvalue weighted by molar-refractivity contribution is 6.07. The average molecular weight is 865 g/mol. The van der Waals surface area contributed by atoms with Crippen molar-refractivity contribution < 1.29 is 4.42 Å². The van der Waals surface area contributed by atoms with E-state index in [9.17, 15) is 0 Å². The van der Waals surface area contributed by atoms with Crippen molar-refractivity contribution in [3.63, 3.8) is 0 Å². The predicted octanol–water partition coefficient (Wildman–Crippen LogP) is 16.7. The van der Waals surface area contributed by atoms with E-state index in [1.165, 1.54) is 55.6 Å². The van der Waals surface area contributed by atoms with E-state index in [0.717, 1.165) is 72.3 Å². The van der Waals surface area contributed by atoms with E-state index in [0.29, 0.717) is 5.82 Å². The molecule has 0 aliphatic heterocycles. The summed E-state index contributed by atoms with van der Waals surface area (Å²) in [7, 11) is 0. The first kappa shape index (κ1) is 38.4. The van der Waals surface area contributed by atoms with Gasteiger partial charge in [0.05, 0.1) is 16.8 Å². The highest BCUT2D eigenvalue weighted by atomic mass is 16.3. The first-order valence-corrected chi connectivity index (χ1v) is 23.3. The van der Waals surface area contributed by atoms with Crippen molar-refractivity contribution in [2.45, 2.75) is 5.41 Å². The summed E-state index contributed by atoms with van der Waals surface area (Å²) in [4.78, 5) is 11.0. The number of aromatic nitrogens is 2. The standard InChI is InChI=1S/C65H40N2O/c1-3-18-41(19-4-1)47-22-7-8-23-48(47)45-36-44(43-34-35-62-54(39-43)51-26-12-16-33-61(51)68-62)37-46(38-45)59-40-60(67-64(66-59)42-20-5-2-6-21-42)53-28-17-32-58-63(53)52-27-11-15-31-57(52)65(58)55-29-13-9-24-49(55)50-25-10-14-30-56(50)65/h1-40H. The fourth-order valence-corrected chi connectivity index (χ4v) is 11.4. The Morgan fingerprint density at radius 2 is 0.794 bits per heavy atom. The molecule has 3 heteroatoms. The fourth-order valence-electron chi connectivity index (χ4n) is 11.4. The molecule has 2 heterocycles.